The lowest BCUT2D eigenvalue weighted by Gasteiger charge is -2.33. The molecule has 0 saturated carbocycles. The van der Waals surface area contributed by atoms with E-state index in [1.807, 2.05) is 58.0 Å². The van der Waals surface area contributed by atoms with Crippen molar-refractivity contribution >= 4 is 12.1 Å². The van der Waals surface area contributed by atoms with Crippen molar-refractivity contribution in [3.63, 3.8) is 0 Å². The van der Waals surface area contributed by atoms with E-state index >= 15 is 0 Å². The average Bonchev–Trinajstić information content (AvgIpc) is 2.53. The van der Waals surface area contributed by atoms with Crippen LogP contribution in [0.15, 0.2) is 41.6 Å². The number of rotatable bonds is 4. The van der Waals surface area contributed by atoms with Gasteiger partial charge in [0.2, 0.25) is 0 Å². The summed E-state index contributed by atoms with van der Waals surface area (Å²) in [5, 5.41) is 12.7. The summed E-state index contributed by atoms with van der Waals surface area (Å²) >= 11 is 0. The van der Waals surface area contributed by atoms with Crippen molar-refractivity contribution in [1.29, 1.82) is 0 Å². The predicted molar refractivity (Wildman–Crippen MR) is 95.1 cm³/mol. The summed E-state index contributed by atoms with van der Waals surface area (Å²) in [6.07, 6.45) is -0.137. The van der Waals surface area contributed by atoms with Gasteiger partial charge in [-0.2, -0.15) is 0 Å². The molecule has 0 saturated heterocycles. The van der Waals surface area contributed by atoms with Gasteiger partial charge in [-0.25, -0.2) is 9.59 Å². The van der Waals surface area contributed by atoms with Crippen molar-refractivity contribution in [2.75, 3.05) is 13.1 Å². The number of carbonyl (C=O) groups is 2. The smallest absolute Gasteiger partial charge is 0.410 e. The number of nitrogens with zero attached hydrogens (tertiary/aromatic N) is 1. The predicted octanol–water partition coefficient (Wildman–Crippen LogP) is 3.32. The zero-order valence-electron chi connectivity index (χ0n) is 15.2. The van der Waals surface area contributed by atoms with E-state index < -0.39 is 17.7 Å². The summed E-state index contributed by atoms with van der Waals surface area (Å²) in [5.41, 5.74) is 1.34. The number of amides is 1. The molecule has 1 aromatic carbocycles. The zero-order chi connectivity index (χ0) is 18.6. The van der Waals surface area contributed by atoms with Gasteiger partial charge in [-0.05, 0) is 39.7 Å². The van der Waals surface area contributed by atoms with Crippen LogP contribution in [0.4, 0.5) is 4.79 Å². The number of hydrogen-bond donors (Lipinski definition) is 2. The quantitative estimate of drug-likeness (QED) is 0.874. The maximum Gasteiger partial charge on any atom is 0.410 e. The lowest BCUT2D eigenvalue weighted by molar-refractivity contribution is -0.133. The van der Waals surface area contributed by atoms with E-state index in [0.29, 0.717) is 24.2 Å². The molecule has 0 unspecified atom stereocenters. The minimum absolute atomic E-state index is 0.0656. The molecule has 0 aromatic heterocycles. The summed E-state index contributed by atoms with van der Waals surface area (Å²) in [7, 11) is 0. The summed E-state index contributed by atoms with van der Waals surface area (Å²) in [6, 6.07) is 9.70. The first-order chi connectivity index (χ1) is 11.7. The molecular weight excluding hydrogens is 320 g/mol. The van der Waals surface area contributed by atoms with Crippen molar-refractivity contribution in [3.8, 4) is 0 Å². The Morgan fingerprint density at radius 2 is 1.88 bits per heavy atom. The third-order valence-corrected chi connectivity index (χ3v) is 3.95. The number of aliphatic carboxylic acids is 1. The number of ether oxygens (including phenoxy) is 1. The topological polar surface area (TPSA) is 78.9 Å². The van der Waals surface area contributed by atoms with Crippen LogP contribution in [-0.4, -0.2) is 40.8 Å². The second-order valence-electron chi connectivity index (χ2n) is 7.19. The van der Waals surface area contributed by atoms with Gasteiger partial charge in [0.25, 0.3) is 0 Å². The van der Waals surface area contributed by atoms with Crippen molar-refractivity contribution in [2.45, 2.75) is 45.8 Å². The average molecular weight is 346 g/mol. The first-order valence-electron chi connectivity index (χ1n) is 8.42. The first-order valence-corrected chi connectivity index (χ1v) is 8.42. The number of carbonyl (C=O) groups excluding carboxylic acids is 1. The number of nitrogens with one attached hydrogen (secondary N) is 1. The van der Waals surface area contributed by atoms with Gasteiger partial charge in [-0.15, -0.1) is 0 Å². The summed E-state index contributed by atoms with van der Waals surface area (Å²) in [6.45, 7) is 7.93. The Bertz CT molecular complexity index is 662. The number of benzene rings is 1. The van der Waals surface area contributed by atoms with Crippen LogP contribution in [0.5, 0.6) is 0 Å². The molecule has 1 aromatic rings. The molecule has 0 bridgehead atoms. The highest BCUT2D eigenvalue weighted by Gasteiger charge is 2.29. The van der Waals surface area contributed by atoms with Crippen LogP contribution < -0.4 is 5.32 Å². The van der Waals surface area contributed by atoms with Gasteiger partial charge in [0.05, 0.1) is 12.1 Å². The molecule has 25 heavy (non-hydrogen) atoms. The molecular formula is C19H26N2O4. The maximum atomic E-state index is 12.3. The van der Waals surface area contributed by atoms with E-state index in [4.69, 9.17) is 4.74 Å². The second-order valence-corrected chi connectivity index (χ2v) is 7.19. The molecule has 1 aliphatic rings. The molecule has 1 atom stereocenters. The third-order valence-electron chi connectivity index (χ3n) is 3.95. The molecule has 0 fully saturated rings. The van der Waals surface area contributed by atoms with Gasteiger partial charge in [-0.1, -0.05) is 30.3 Å². The van der Waals surface area contributed by atoms with Gasteiger partial charge < -0.3 is 20.1 Å². The fraction of sp³-hybridized carbons (Fsp3) is 0.474. The Labute approximate surface area is 148 Å². The van der Waals surface area contributed by atoms with Crippen LogP contribution in [0.3, 0.4) is 0 Å². The fourth-order valence-electron chi connectivity index (χ4n) is 2.70. The first kappa shape index (κ1) is 18.8. The number of carboxylic acid groups (broad SMARTS) is 1. The third kappa shape index (κ3) is 5.24. The Kier molecular flexibility index (Phi) is 5.72. The molecule has 1 heterocycles. The standard InChI is InChI=1S/C19H26N2O4/c1-13(14-8-6-5-7-9-14)20-16-12-21(11-10-15(16)17(22)23)18(24)25-19(2,3)4/h5-9,13,20H,10-12H2,1-4H3,(H,22,23)/t13-/m0/s1. The Morgan fingerprint density at radius 3 is 2.44 bits per heavy atom. The van der Waals surface area contributed by atoms with Crippen LogP contribution >= 0.6 is 0 Å². The molecule has 0 radical (unpaired) electrons. The number of carboxylic acids is 1. The van der Waals surface area contributed by atoms with Crippen molar-refractivity contribution in [1.82, 2.24) is 10.2 Å². The molecule has 1 amide bonds. The van der Waals surface area contributed by atoms with E-state index in [1.54, 1.807) is 0 Å². The molecule has 6 heteroatoms. The SMILES string of the molecule is C[C@H](NC1=C(C(=O)O)CCN(C(=O)OC(C)(C)C)C1)c1ccccc1. The van der Waals surface area contributed by atoms with Crippen LogP contribution in [-0.2, 0) is 9.53 Å². The van der Waals surface area contributed by atoms with Crippen LogP contribution in [0.2, 0.25) is 0 Å². The molecule has 2 N–H and O–H groups in total. The van der Waals surface area contributed by atoms with Gasteiger partial charge in [0, 0.05) is 18.3 Å². The summed E-state index contributed by atoms with van der Waals surface area (Å²) < 4.78 is 5.40. The molecule has 0 aliphatic carbocycles. The zero-order valence-corrected chi connectivity index (χ0v) is 15.2. The maximum absolute atomic E-state index is 12.3. The van der Waals surface area contributed by atoms with E-state index in [0.717, 1.165) is 5.56 Å². The highest BCUT2D eigenvalue weighted by Crippen LogP contribution is 2.22. The van der Waals surface area contributed by atoms with Crippen LogP contribution in [0.1, 0.15) is 45.7 Å². The molecule has 6 nitrogen and oxygen atoms in total. The Morgan fingerprint density at radius 1 is 1.24 bits per heavy atom. The summed E-state index contributed by atoms with van der Waals surface area (Å²) in [4.78, 5) is 25.4. The van der Waals surface area contributed by atoms with E-state index in [9.17, 15) is 14.7 Å². The minimum atomic E-state index is -0.952. The molecule has 1 aliphatic heterocycles. The van der Waals surface area contributed by atoms with E-state index in [2.05, 4.69) is 5.32 Å². The van der Waals surface area contributed by atoms with Gasteiger partial charge in [0.15, 0.2) is 0 Å². The van der Waals surface area contributed by atoms with Gasteiger partial charge >= 0.3 is 12.1 Å². The highest BCUT2D eigenvalue weighted by atomic mass is 16.6. The van der Waals surface area contributed by atoms with Gasteiger partial charge in [-0.3, -0.25) is 0 Å². The monoisotopic (exact) mass is 346 g/mol. The largest absolute Gasteiger partial charge is 0.478 e. The van der Waals surface area contributed by atoms with Gasteiger partial charge in [0.1, 0.15) is 5.60 Å². The minimum Gasteiger partial charge on any atom is -0.478 e. The number of hydrogen-bond acceptors (Lipinski definition) is 4. The molecule has 2 rings (SSSR count). The fourth-order valence-corrected chi connectivity index (χ4v) is 2.70. The lowest BCUT2D eigenvalue weighted by atomic mass is 10.0. The normalized spacial score (nSPS) is 16.4. The van der Waals surface area contributed by atoms with Crippen molar-refractivity contribution < 1.29 is 19.4 Å². The van der Waals surface area contributed by atoms with Crippen molar-refractivity contribution in [2.24, 2.45) is 0 Å². The highest BCUT2D eigenvalue weighted by molar-refractivity contribution is 5.88. The second kappa shape index (κ2) is 7.59. The lowest BCUT2D eigenvalue weighted by Crippen LogP contribution is -2.44. The van der Waals surface area contributed by atoms with Crippen LogP contribution in [0, 0.1) is 0 Å². The Hall–Kier alpha value is -2.50. The molecule has 0 spiro atoms. The van der Waals surface area contributed by atoms with E-state index in [1.165, 1.54) is 4.90 Å². The van der Waals surface area contributed by atoms with E-state index in [-0.39, 0.29) is 12.6 Å². The van der Waals surface area contributed by atoms with Crippen molar-refractivity contribution in [3.05, 3.63) is 47.2 Å². The molecule has 136 valence electrons. The summed E-state index contributed by atoms with van der Waals surface area (Å²) in [5.74, 6) is -0.952. The Balaban J connectivity index is 2.16. The van der Waals surface area contributed by atoms with Crippen LogP contribution in [0.25, 0.3) is 0 Å².